The van der Waals surface area contributed by atoms with Gasteiger partial charge in [-0.2, -0.15) is 4.57 Å². The van der Waals surface area contributed by atoms with E-state index in [1.807, 2.05) is 6.92 Å². The van der Waals surface area contributed by atoms with Crippen LogP contribution in [0.5, 0.6) is 0 Å². The molecule has 0 aliphatic heterocycles. The van der Waals surface area contributed by atoms with Crippen molar-refractivity contribution in [2.75, 3.05) is 0 Å². The number of hydrogen-bond donors (Lipinski definition) is 0. The van der Waals surface area contributed by atoms with Gasteiger partial charge in [0, 0.05) is 13.0 Å². The van der Waals surface area contributed by atoms with Gasteiger partial charge in [0.05, 0.1) is 12.3 Å². The van der Waals surface area contributed by atoms with Crippen LogP contribution in [0.1, 0.15) is 38.0 Å². The number of pyridine rings is 1. The molecule has 3 aromatic carbocycles. The van der Waals surface area contributed by atoms with Crippen LogP contribution in [-0.4, -0.2) is 0 Å². The SMILES string of the molecule is [2H]c1c(C)[n+](C)c(-c2cc(-c3ccccc3)ccc2C)c2cc(C(C)C)ccc12. The average molecular weight is 368 g/mol. The van der Waals surface area contributed by atoms with E-state index in [0.717, 1.165) is 16.5 Å². The molecular weight excluding hydrogens is 338 g/mol. The molecule has 0 atom stereocenters. The summed E-state index contributed by atoms with van der Waals surface area (Å²) in [4.78, 5) is 0. The Labute approximate surface area is 169 Å². The molecule has 4 aromatic rings. The van der Waals surface area contributed by atoms with Crippen molar-refractivity contribution in [2.24, 2.45) is 7.05 Å². The third-order valence-corrected chi connectivity index (χ3v) is 5.72. The maximum absolute atomic E-state index is 8.68. The van der Waals surface area contributed by atoms with Crippen molar-refractivity contribution in [3.8, 4) is 22.4 Å². The van der Waals surface area contributed by atoms with Gasteiger partial charge in [-0.1, -0.05) is 68.4 Å². The highest BCUT2D eigenvalue weighted by Crippen LogP contribution is 2.33. The Morgan fingerprint density at radius 2 is 1.61 bits per heavy atom. The Morgan fingerprint density at radius 3 is 2.32 bits per heavy atom. The van der Waals surface area contributed by atoms with Crippen molar-refractivity contribution in [2.45, 2.75) is 33.6 Å². The Hall–Kier alpha value is -2.93. The lowest BCUT2D eigenvalue weighted by Gasteiger charge is -2.13. The number of nitrogens with zero attached hydrogens (tertiary/aromatic N) is 1. The Balaban J connectivity index is 2.07. The second kappa shape index (κ2) is 7.24. The molecule has 0 aliphatic carbocycles. The van der Waals surface area contributed by atoms with Gasteiger partial charge in [0.1, 0.15) is 7.05 Å². The van der Waals surface area contributed by atoms with Crippen LogP contribution in [0.15, 0.2) is 72.8 Å². The van der Waals surface area contributed by atoms with Crippen LogP contribution in [0.3, 0.4) is 0 Å². The zero-order valence-electron chi connectivity index (χ0n) is 18.4. The fourth-order valence-corrected chi connectivity index (χ4v) is 3.87. The van der Waals surface area contributed by atoms with Gasteiger partial charge in [-0.25, -0.2) is 0 Å². The third-order valence-electron chi connectivity index (χ3n) is 5.72. The molecule has 0 amide bonds. The Kier molecular flexibility index (Phi) is 4.44. The topological polar surface area (TPSA) is 3.88 Å². The van der Waals surface area contributed by atoms with Gasteiger partial charge in [-0.05, 0) is 52.6 Å². The quantitative estimate of drug-likeness (QED) is 0.353. The summed E-state index contributed by atoms with van der Waals surface area (Å²) >= 11 is 0. The fourth-order valence-electron chi connectivity index (χ4n) is 3.87. The van der Waals surface area contributed by atoms with Gasteiger partial charge in [-0.3, -0.25) is 0 Å². The molecule has 1 heteroatoms. The average Bonchev–Trinajstić information content (AvgIpc) is 2.73. The zero-order valence-corrected chi connectivity index (χ0v) is 17.4. The zero-order chi connectivity index (χ0) is 20.7. The number of aryl methyl sites for hydroxylation is 1. The van der Waals surface area contributed by atoms with Crippen LogP contribution in [0.4, 0.5) is 0 Å². The van der Waals surface area contributed by atoms with E-state index in [1.54, 1.807) is 0 Å². The standard InChI is InChI=1S/C27H28N/c1-18(2)22-13-14-24-15-20(4)28(5)27(26(24)16-22)25-17-23(12-11-19(25)3)21-9-7-6-8-10-21/h6-18H,1-5H3/q+1/i15D. The van der Waals surface area contributed by atoms with Crippen molar-refractivity contribution in [3.05, 3.63) is 89.6 Å². The third kappa shape index (κ3) is 3.22. The molecule has 0 aliphatic rings. The first-order valence-corrected chi connectivity index (χ1v) is 9.97. The molecule has 0 spiro atoms. The van der Waals surface area contributed by atoms with Crippen molar-refractivity contribution in [3.63, 3.8) is 0 Å². The van der Waals surface area contributed by atoms with E-state index in [2.05, 4.69) is 99.1 Å². The number of hydrogen-bond acceptors (Lipinski definition) is 0. The van der Waals surface area contributed by atoms with Crippen LogP contribution in [0.25, 0.3) is 33.2 Å². The van der Waals surface area contributed by atoms with Crippen molar-refractivity contribution < 1.29 is 5.94 Å². The van der Waals surface area contributed by atoms with E-state index < -0.39 is 0 Å². The minimum Gasteiger partial charge on any atom is -0.198 e. The maximum Gasteiger partial charge on any atom is 0.220 e. The first-order chi connectivity index (χ1) is 13.9. The summed E-state index contributed by atoms with van der Waals surface area (Å²) in [7, 11) is 2.08. The maximum atomic E-state index is 8.68. The second-order valence-corrected chi connectivity index (χ2v) is 7.97. The summed E-state index contributed by atoms with van der Waals surface area (Å²) in [5, 5.41) is 2.17. The van der Waals surface area contributed by atoms with Crippen LogP contribution >= 0.6 is 0 Å². The van der Waals surface area contributed by atoms with Gasteiger partial charge in [0.25, 0.3) is 0 Å². The molecule has 1 nitrogen and oxygen atoms in total. The molecular formula is C27H28N+. The number of aromatic nitrogens is 1. The fraction of sp³-hybridized carbons (Fsp3) is 0.222. The highest BCUT2D eigenvalue weighted by atomic mass is 14.9. The minimum absolute atomic E-state index is 0.449. The van der Waals surface area contributed by atoms with Gasteiger partial charge in [-0.15, -0.1) is 0 Å². The van der Waals surface area contributed by atoms with E-state index in [9.17, 15) is 0 Å². The van der Waals surface area contributed by atoms with Crippen LogP contribution in [0, 0.1) is 13.8 Å². The molecule has 1 heterocycles. The minimum atomic E-state index is 0.449. The molecule has 0 bridgehead atoms. The summed E-state index contributed by atoms with van der Waals surface area (Å²) in [6.45, 7) is 8.65. The van der Waals surface area contributed by atoms with Gasteiger partial charge in [0.15, 0.2) is 5.69 Å². The highest BCUT2D eigenvalue weighted by molar-refractivity contribution is 5.95. The van der Waals surface area contributed by atoms with E-state index >= 15 is 0 Å². The van der Waals surface area contributed by atoms with Crippen molar-refractivity contribution in [1.29, 1.82) is 0 Å². The van der Waals surface area contributed by atoms with E-state index in [1.165, 1.54) is 33.5 Å². The van der Waals surface area contributed by atoms with Gasteiger partial charge >= 0.3 is 0 Å². The highest BCUT2D eigenvalue weighted by Gasteiger charge is 2.21. The normalized spacial score (nSPS) is 11.9. The Bertz CT molecular complexity index is 1210. The number of benzene rings is 3. The molecule has 0 saturated heterocycles. The first kappa shape index (κ1) is 17.2. The smallest absolute Gasteiger partial charge is 0.198 e. The van der Waals surface area contributed by atoms with Crippen LogP contribution < -0.4 is 4.57 Å². The van der Waals surface area contributed by atoms with Crippen molar-refractivity contribution >= 4 is 10.8 Å². The van der Waals surface area contributed by atoms with Crippen LogP contribution in [0.2, 0.25) is 0 Å². The predicted octanol–water partition coefficient (Wildman–Crippen LogP) is 6.74. The molecule has 0 fully saturated rings. The Morgan fingerprint density at radius 1 is 0.857 bits per heavy atom. The summed E-state index contributed by atoms with van der Waals surface area (Å²) in [6.07, 6.45) is 0. The van der Waals surface area contributed by atoms with E-state index in [4.69, 9.17) is 1.37 Å². The lowest BCUT2D eigenvalue weighted by atomic mass is 9.92. The number of fused-ring (bicyclic) bond motifs is 1. The van der Waals surface area contributed by atoms with Crippen LogP contribution in [-0.2, 0) is 7.05 Å². The summed E-state index contributed by atoms with van der Waals surface area (Å²) in [6, 6.07) is 24.4. The molecule has 140 valence electrons. The largest absolute Gasteiger partial charge is 0.220 e. The van der Waals surface area contributed by atoms with Crippen molar-refractivity contribution in [1.82, 2.24) is 0 Å². The second-order valence-electron chi connectivity index (χ2n) is 7.97. The molecule has 0 radical (unpaired) electrons. The molecule has 28 heavy (non-hydrogen) atoms. The van der Waals surface area contributed by atoms with E-state index in [-0.39, 0.29) is 0 Å². The first-order valence-electron chi connectivity index (χ1n) is 10.5. The lowest BCUT2D eigenvalue weighted by Crippen LogP contribution is -2.35. The summed E-state index contributed by atoms with van der Waals surface area (Å²) in [5.74, 6) is 0.449. The number of rotatable bonds is 3. The lowest BCUT2D eigenvalue weighted by molar-refractivity contribution is -0.665. The summed E-state index contributed by atoms with van der Waals surface area (Å²) in [5.41, 5.74) is 8.38. The van der Waals surface area contributed by atoms with Gasteiger partial charge < -0.3 is 0 Å². The summed E-state index contributed by atoms with van der Waals surface area (Å²) < 4.78 is 10.9. The molecule has 4 rings (SSSR count). The monoisotopic (exact) mass is 367 g/mol. The molecule has 0 N–H and O–H groups in total. The molecule has 1 aromatic heterocycles. The molecule has 0 saturated carbocycles. The van der Waals surface area contributed by atoms with E-state index in [0.29, 0.717) is 12.0 Å². The predicted molar refractivity (Wildman–Crippen MR) is 120 cm³/mol. The van der Waals surface area contributed by atoms with Gasteiger partial charge in [0.2, 0.25) is 5.69 Å². The molecule has 0 unspecified atom stereocenters.